The van der Waals surface area contributed by atoms with Crippen LogP contribution in [0.3, 0.4) is 0 Å². The second kappa shape index (κ2) is 9.87. The average molecular weight is 488 g/mol. The van der Waals surface area contributed by atoms with Gasteiger partial charge in [-0.15, -0.1) is 13.2 Å². The zero-order valence-corrected chi connectivity index (χ0v) is 18.7. The van der Waals surface area contributed by atoms with Gasteiger partial charge in [0.15, 0.2) is 11.5 Å². The quantitative estimate of drug-likeness (QED) is 0.640. The molecule has 33 heavy (non-hydrogen) atoms. The summed E-state index contributed by atoms with van der Waals surface area (Å²) < 4.78 is 78.4. The summed E-state index contributed by atoms with van der Waals surface area (Å²) in [6, 6.07) is 9.17. The van der Waals surface area contributed by atoms with Crippen LogP contribution in [0.25, 0.3) is 0 Å². The molecule has 0 aromatic heterocycles. The van der Waals surface area contributed by atoms with Crippen molar-refractivity contribution in [2.45, 2.75) is 24.1 Å². The number of hydrogen-bond donors (Lipinski definition) is 1. The molecule has 0 spiro atoms. The molecule has 1 aliphatic rings. The monoisotopic (exact) mass is 488 g/mol. The molecule has 0 unspecified atom stereocenters. The maximum Gasteiger partial charge on any atom is 0.573 e. The van der Waals surface area contributed by atoms with Gasteiger partial charge in [-0.2, -0.15) is 4.31 Å². The van der Waals surface area contributed by atoms with Crippen molar-refractivity contribution in [3.05, 3.63) is 42.5 Å². The predicted molar refractivity (Wildman–Crippen MR) is 113 cm³/mol. The van der Waals surface area contributed by atoms with E-state index in [1.807, 2.05) is 0 Å². The van der Waals surface area contributed by atoms with Gasteiger partial charge < -0.3 is 19.5 Å². The molecule has 1 amide bonds. The normalized spacial score (nSPS) is 15.7. The van der Waals surface area contributed by atoms with Crippen LogP contribution in [-0.4, -0.2) is 52.3 Å². The van der Waals surface area contributed by atoms with Crippen LogP contribution in [0.1, 0.15) is 12.8 Å². The van der Waals surface area contributed by atoms with Crippen LogP contribution in [0.4, 0.5) is 18.9 Å². The molecule has 3 rings (SSSR count). The van der Waals surface area contributed by atoms with E-state index in [4.69, 9.17) is 9.47 Å². The minimum absolute atomic E-state index is 0.0523. The highest BCUT2D eigenvalue weighted by molar-refractivity contribution is 7.89. The molecule has 0 bridgehead atoms. The third kappa shape index (κ3) is 6.08. The summed E-state index contributed by atoms with van der Waals surface area (Å²) in [6.45, 7) is 0.105. The third-order valence-corrected chi connectivity index (χ3v) is 7.05. The van der Waals surface area contributed by atoms with Crippen molar-refractivity contribution in [1.82, 2.24) is 4.31 Å². The molecule has 1 heterocycles. The Morgan fingerprint density at radius 3 is 2.30 bits per heavy atom. The number of methoxy groups -OCH3 is 2. The van der Waals surface area contributed by atoms with Crippen molar-refractivity contribution < 1.29 is 40.6 Å². The summed E-state index contributed by atoms with van der Waals surface area (Å²) in [5.74, 6) is -0.344. The van der Waals surface area contributed by atoms with E-state index in [1.54, 1.807) is 18.2 Å². The van der Waals surface area contributed by atoms with Crippen LogP contribution >= 0.6 is 0 Å². The van der Waals surface area contributed by atoms with Gasteiger partial charge in [-0.3, -0.25) is 4.79 Å². The summed E-state index contributed by atoms with van der Waals surface area (Å²) in [7, 11) is -1.07. The number of hydrogen-bond acceptors (Lipinski definition) is 6. The topological polar surface area (TPSA) is 94.2 Å². The first-order valence-electron chi connectivity index (χ1n) is 9.92. The Morgan fingerprint density at radius 2 is 1.70 bits per heavy atom. The number of amides is 1. The number of halogens is 3. The molecule has 12 heteroatoms. The van der Waals surface area contributed by atoms with E-state index in [1.165, 1.54) is 26.4 Å². The second-order valence-corrected chi connectivity index (χ2v) is 9.20. The molecule has 1 aliphatic heterocycles. The maximum absolute atomic E-state index is 12.9. The fourth-order valence-corrected chi connectivity index (χ4v) is 5.00. The Balaban J connectivity index is 1.63. The van der Waals surface area contributed by atoms with E-state index in [2.05, 4.69) is 10.1 Å². The number of piperidine rings is 1. The molecule has 0 radical (unpaired) electrons. The number of rotatable bonds is 7. The number of nitrogens with one attached hydrogen (secondary N) is 1. The summed E-state index contributed by atoms with van der Waals surface area (Å²) in [4.78, 5) is 12.3. The number of alkyl halides is 3. The van der Waals surface area contributed by atoms with Crippen molar-refractivity contribution in [1.29, 1.82) is 0 Å². The standard InChI is InChI=1S/C21H23F3N2O6S/c1-30-18-7-6-15(12-19(18)31-2)25-20(27)14-8-10-26(11-9-14)33(28,29)17-5-3-4-16(13-17)32-21(22,23)24/h3-7,12-14H,8-11H2,1-2H3,(H,25,27). The molecule has 0 aliphatic carbocycles. The highest BCUT2D eigenvalue weighted by atomic mass is 32.2. The number of sulfonamides is 1. The molecule has 1 fully saturated rings. The molecule has 8 nitrogen and oxygen atoms in total. The molecular formula is C21H23F3N2O6S. The molecular weight excluding hydrogens is 465 g/mol. The van der Waals surface area contributed by atoms with Gasteiger partial charge in [0.05, 0.1) is 19.1 Å². The van der Waals surface area contributed by atoms with Gasteiger partial charge in [-0.25, -0.2) is 8.42 Å². The van der Waals surface area contributed by atoms with Gasteiger partial charge in [0.25, 0.3) is 0 Å². The lowest BCUT2D eigenvalue weighted by Crippen LogP contribution is -2.41. The first kappa shape index (κ1) is 24.6. The van der Waals surface area contributed by atoms with E-state index in [-0.39, 0.29) is 36.7 Å². The number of anilines is 1. The van der Waals surface area contributed by atoms with Crippen molar-refractivity contribution in [3.63, 3.8) is 0 Å². The summed E-state index contributed by atoms with van der Waals surface area (Å²) >= 11 is 0. The molecule has 180 valence electrons. The smallest absolute Gasteiger partial charge is 0.493 e. The molecule has 2 aromatic rings. The highest BCUT2D eigenvalue weighted by Crippen LogP contribution is 2.31. The fraction of sp³-hybridized carbons (Fsp3) is 0.381. The minimum atomic E-state index is -4.93. The van der Waals surface area contributed by atoms with Crippen LogP contribution in [0.5, 0.6) is 17.2 Å². The Labute approximate surface area is 189 Å². The van der Waals surface area contributed by atoms with Crippen LogP contribution < -0.4 is 19.5 Å². The first-order valence-corrected chi connectivity index (χ1v) is 11.4. The SMILES string of the molecule is COc1ccc(NC(=O)C2CCN(S(=O)(=O)c3cccc(OC(F)(F)F)c3)CC2)cc1OC. The van der Waals surface area contributed by atoms with Gasteiger partial charge in [0.2, 0.25) is 15.9 Å². The van der Waals surface area contributed by atoms with E-state index in [0.29, 0.717) is 17.2 Å². The second-order valence-electron chi connectivity index (χ2n) is 7.26. The van der Waals surface area contributed by atoms with Crippen LogP contribution in [0, 0.1) is 5.92 Å². The lowest BCUT2D eigenvalue weighted by molar-refractivity contribution is -0.274. The van der Waals surface area contributed by atoms with E-state index < -0.39 is 28.1 Å². The molecule has 1 N–H and O–H groups in total. The van der Waals surface area contributed by atoms with Crippen LogP contribution in [-0.2, 0) is 14.8 Å². The average Bonchev–Trinajstić information content (AvgIpc) is 2.78. The van der Waals surface area contributed by atoms with Crippen LogP contribution in [0.15, 0.2) is 47.4 Å². The first-order chi connectivity index (χ1) is 15.5. The van der Waals surface area contributed by atoms with Crippen LogP contribution in [0.2, 0.25) is 0 Å². The number of carbonyl (C=O) groups excluding carboxylic acids is 1. The molecule has 0 atom stereocenters. The van der Waals surface area contributed by atoms with Gasteiger partial charge in [-0.1, -0.05) is 6.07 Å². The minimum Gasteiger partial charge on any atom is -0.493 e. The lowest BCUT2D eigenvalue weighted by Gasteiger charge is -2.30. The number of nitrogens with zero attached hydrogens (tertiary/aromatic N) is 1. The Morgan fingerprint density at radius 1 is 1.03 bits per heavy atom. The predicted octanol–water partition coefficient (Wildman–Crippen LogP) is 3.64. The Kier molecular flexibility index (Phi) is 7.38. The number of ether oxygens (including phenoxy) is 3. The van der Waals surface area contributed by atoms with E-state index >= 15 is 0 Å². The van der Waals surface area contributed by atoms with Crippen molar-refractivity contribution in [2.75, 3.05) is 32.6 Å². The van der Waals surface area contributed by atoms with Crippen molar-refractivity contribution in [3.8, 4) is 17.2 Å². The van der Waals surface area contributed by atoms with Gasteiger partial charge >= 0.3 is 6.36 Å². The van der Waals surface area contributed by atoms with Crippen molar-refractivity contribution in [2.24, 2.45) is 5.92 Å². The Hall–Kier alpha value is -2.99. The van der Waals surface area contributed by atoms with E-state index in [9.17, 15) is 26.4 Å². The fourth-order valence-electron chi connectivity index (χ4n) is 3.50. The number of benzene rings is 2. The zero-order valence-electron chi connectivity index (χ0n) is 17.9. The summed E-state index contributed by atoms with van der Waals surface area (Å²) in [6.07, 6.45) is -4.41. The maximum atomic E-state index is 12.9. The molecule has 1 saturated heterocycles. The lowest BCUT2D eigenvalue weighted by atomic mass is 9.97. The van der Waals surface area contributed by atoms with Gasteiger partial charge in [0, 0.05) is 36.8 Å². The third-order valence-electron chi connectivity index (χ3n) is 5.15. The van der Waals surface area contributed by atoms with E-state index in [0.717, 1.165) is 16.4 Å². The summed E-state index contributed by atoms with van der Waals surface area (Å²) in [5, 5.41) is 2.79. The van der Waals surface area contributed by atoms with Crippen molar-refractivity contribution >= 4 is 21.6 Å². The van der Waals surface area contributed by atoms with Gasteiger partial charge in [-0.05, 0) is 37.1 Å². The zero-order chi connectivity index (χ0) is 24.2. The highest BCUT2D eigenvalue weighted by Gasteiger charge is 2.34. The molecule has 2 aromatic carbocycles. The van der Waals surface area contributed by atoms with Gasteiger partial charge in [0.1, 0.15) is 5.75 Å². The summed E-state index contributed by atoms with van der Waals surface area (Å²) in [5.41, 5.74) is 0.509. The largest absolute Gasteiger partial charge is 0.573 e. The molecule has 0 saturated carbocycles. The number of carbonyl (C=O) groups is 1. The Bertz CT molecular complexity index is 1100.